The topological polar surface area (TPSA) is 45.2 Å². The van der Waals surface area contributed by atoms with Crippen LogP contribution in [0.15, 0.2) is 24.3 Å². The molecule has 2 aliphatic heterocycles. The lowest BCUT2D eigenvalue weighted by Gasteiger charge is -2.35. The second-order valence-corrected chi connectivity index (χ2v) is 7.70. The minimum atomic E-state index is 0.116. The van der Waals surface area contributed by atoms with Crippen LogP contribution in [0.5, 0.6) is 5.75 Å². The first-order valence-corrected chi connectivity index (χ1v) is 10.8. The van der Waals surface area contributed by atoms with Gasteiger partial charge in [-0.25, -0.2) is 0 Å². The molecule has 1 amide bonds. The molecule has 0 N–H and O–H groups in total. The van der Waals surface area contributed by atoms with Crippen molar-refractivity contribution in [3.05, 3.63) is 29.8 Å². The van der Waals surface area contributed by atoms with E-state index < -0.39 is 0 Å². The largest absolute Gasteiger partial charge is 0.488 e. The smallest absolute Gasteiger partial charge is 0.253 e. The van der Waals surface area contributed by atoms with Gasteiger partial charge in [0.25, 0.3) is 5.91 Å². The van der Waals surface area contributed by atoms with Gasteiger partial charge in [-0.3, -0.25) is 9.69 Å². The maximum Gasteiger partial charge on any atom is 0.253 e. The summed E-state index contributed by atoms with van der Waals surface area (Å²) < 4.78 is 11.2. The molecular weight excluding hydrogens is 354 g/mol. The zero-order valence-electron chi connectivity index (χ0n) is 17.4. The molecule has 1 aromatic rings. The van der Waals surface area contributed by atoms with Crippen LogP contribution >= 0.6 is 0 Å². The van der Waals surface area contributed by atoms with Crippen molar-refractivity contribution >= 4 is 5.91 Å². The molecule has 0 saturated carbocycles. The minimum absolute atomic E-state index is 0.116. The number of benzene rings is 1. The molecule has 6 heteroatoms. The zero-order valence-corrected chi connectivity index (χ0v) is 17.4. The van der Waals surface area contributed by atoms with Crippen molar-refractivity contribution in [2.45, 2.75) is 32.8 Å². The van der Waals surface area contributed by atoms with Gasteiger partial charge in [0.15, 0.2) is 0 Å². The van der Waals surface area contributed by atoms with E-state index in [1.165, 1.54) is 0 Å². The molecule has 0 bridgehead atoms. The van der Waals surface area contributed by atoms with Crippen molar-refractivity contribution in [2.75, 3.05) is 65.6 Å². The number of ether oxygens (including phenoxy) is 2. The second kappa shape index (κ2) is 10.8. The summed E-state index contributed by atoms with van der Waals surface area (Å²) in [6.07, 6.45) is 2.03. The Kier molecular flexibility index (Phi) is 8.13. The van der Waals surface area contributed by atoms with E-state index in [1.807, 2.05) is 29.2 Å². The van der Waals surface area contributed by atoms with E-state index in [9.17, 15) is 4.79 Å². The Morgan fingerprint density at radius 1 is 1.11 bits per heavy atom. The maximum atomic E-state index is 13.0. The summed E-state index contributed by atoms with van der Waals surface area (Å²) in [5.41, 5.74) is 0.735. The van der Waals surface area contributed by atoms with Gasteiger partial charge in [0, 0.05) is 57.8 Å². The molecule has 0 spiro atoms. The number of rotatable bonds is 9. The predicted octanol–water partition coefficient (Wildman–Crippen LogP) is 2.34. The summed E-state index contributed by atoms with van der Waals surface area (Å²) in [6, 6.07) is 7.58. The fourth-order valence-electron chi connectivity index (χ4n) is 3.83. The number of carbonyl (C=O) groups excluding carboxylic acids is 1. The average molecular weight is 390 g/mol. The van der Waals surface area contributed by atoms with E-state index in [0.29, 0.717) is 6.61 Å². The molecule has 6 nitrogen and oxygen atoms in total. The molecule has 1 unspecified atom stereocenters. The first-order valence-electron chi connectivity index (χ1n) is 10.8. The number of amides is 1. The van der Waals surface area contributed by atoms with E-state index in [4.69, 9.17) is 9.47 Å². The van der Waals surface area contributed by atoms with Crippen molar-refractivity contribution in [1.82, 2.24) is 14.7 Å². The van der Waals surface area contributed by atoms with Gasteiger partial charge in [-0.1, -0.05) is 13.8 Å². The third kappa shape index (κ3) is 5.93. The quantitative estimate of drug-likeness (QED) is 0.649. The highest BCUT2D eigenvalue weighted by molar-refractivity contribution is 5.94. The van der Waals surface area contributed by atoms with Crippen molar-refractivity contribution in [1.29, 1.82) is 0 Å². The molecule has 28 heavy (non-hydrogen) atoms. The molecular formula is C22H35N3O3. The Hall–Kier alpha value is -1.63. The molecule has 156 valence electrons. The van der Waals surface area contributed by atoms with Gasteiger partial charge in [0.1, 0.15) is 11.9 Å². The van der Waals surface area contributed by atoms with Crippen LogP contribution in [0.2, 0.25) is 0 Å². The van der Waals surface area contributed by atoms with Crippen LogP contribution in [0.4, 0.5) is 0 Å². The molecule has 2 saturated heterocycles. The maximum absolute atomic E-state index is 13.0. The van der Waals surface area contributed by atoms with Crippen molar-refractivity contribution in [3.63, 3.8) is 0 Å². The Balaban J connectivity index is 1.51. The SMILES string of the molecule is CCCN(CCN1CCN(CC)CC1)C(=O)c1ccc(OC2CCOC2)cc1. The molecule has 1 atom stereocenters. The highest BCUT2D eigenvalue weighted by atomic mass is 16.5. The summed E-state index contributed by atoms with van der Waals surface area (Å²) in [7, 11) is 0. The number of piperazine rings is 1. The Bertz CT molecular complexity index is 594. The average Bonchev–Trinajstić information content (AvgIpc) is 3.24. The van der Waals surface area contributed by atoms with Crippen LogP contribution in [0.3, 0.4) is 0 Å². The lowest BCUT2D eigenvalue weighted by atomic mass is 10.1. The van der Waals surface area contributed by atoms with E-state index in [2.05, 4.69) is 23.6 Å². The monoisotopic (exact) mass is 389 g/mol. The molecule has 0 aliphatic carbocycles. The van der Waals surface area contributed by atoms with Crippen LogP contribution in [-0.4, -0.2) is 92.3 Å². The number of nitrogens with zero attached hydrogens (tertiary/aromatic N) is 3. The van der Waals surface area contributed by atoms with Gasteiger partial charge >= 0.3 is 0 Å². The first-order chi connectivity index (χ1) is 13.7. The van der Waals surface area contributed by atoms with Gasteiger partial charge in [-0.05, 0) is 37.2 Å². The minimum Gasteiger partial charge on any atom is -0.488 e. The third-order valence-electron chi connectivity index (χ3n) is 5.67. The number of likely N-dealkylation sites (N-methyl/N-ethyl adjacent to an activating group) is 1. The van der Waals surface area contributed by atoms with E-state index in [1.54, 1.807) is 0 Å². The fourth-order valence-corrected chi connectivity index (χ4v) is 3.83. The lowest BCUT2D eigenvalue weighted by Crippen LogP contribution is -2.48. The van der Waals surface area contributed by atoms with Crippen LogP contribution in [-0.2, 0) is 4.74 Å². The van der Waals surface area contributed by atoms with Crippen LogP contribution in [0.1, 0.15) is 37.0 Å². The van der Waals surface area contributed by atoms with Gasteiger partial charge < -0.3 is 19.3 Å². The lowest BCUT2D eigenvalue weighted by molar-refractivity contribution is 0.0708. The highest BCUT2D eigenvalue weighted by Crippen LogP contribution is 2.18. The van der Waals surface area contributed by atoms with Crippen molar-refractivity contribution in [3.8, 4) is 5.75 Å². The second-order valence-electron chi connectivity index (χ2n) is 7.70. The van der Waals surface area contributed by atoms with Gasteiger partial charge in [-0.2, -0.15) is 0 Å². The van der Waals surface area contributed by atoms with Gasteiger partial charge in [-0.15, -0.1) is 0 Å². The number of hydrogen-bond donors (Lipinski definition) is 0. The number of hydrogen-bond acceptors (Lipinski definition) is 5. The summed E-state index contributed by atoms with van der Waals surface area (Å²) >= 11 is 0. The van der Waals surface area contributed by atoms with Crippen molar-refractivity contribution < 1.29 is 14.3 Å². The molecule has 3 rings (SSSR count). The van der Waals surface area contributed by atoms with E-state index in [0.717, 1.165) is 83.1 Å². The van der Waals surface area contributed by atoms with Crippen LogP contribution in [0, 0.1) is 0 Å². The molecule has 0 aromatic heterocycles. The van der Waals surface area contributed by atoms with Gasteiger partial charge in [0.05, 0.1) is 13.2 Å². The molecule has 1 aromatic carbocycles. The van der Waals surface area contributed by atoms with Crippen LogP contribution in [0.25, 0.3) is 0 Å². The fraction of sp³-hybridized carbons (Fsp3) is 0.682. The third-order valence-corrected chi connectivity index (χ3v) is 5.67. The molecule has 2 heterocycles. The Morgan fingerprint density at radius 3 is 2.43 bits per heavy atom. The zero-order chi connectivity index (χ0) is 19.8. The normalized spacial score (nSPS) is 21.0. The summed E-state index contributed by atoms with van der Waals surface area (Å²) in [5, 5.41) is 0. The summed E-state index contributed by atoms with van der Waals surface area (Å²) in [4.78, 5) is 19.9. The standard InChI is InChI=1S/C22H35N3O3/c1-3-10-25(16-15-24-13-11-23(4-2)12-14-24)22(26)19-5-7-20(8-6-19)28-21-9-17-27-18-21/h5-8,21H,3-4,9-18H2,1-2H3. The predicted molar refractivity (Wildman–Crippen MR) is 111 cm³/mol. The summed E-state index contributed by atoms with van der Waals surface area (Å²) in [6.45, 7) is 13.9. The van der Waals surface area contributed by atoms with E-state index >= 15 is 0 Å². The Morgan fingerprint density at radius 2 is 1.82 bits per heavy atom. The van der Waals surface area contributed by atoms with Crippen LogP contribution < -0.4 is 4.74 Å². The molecule has 2 aliphatic rings. The molecule has 0 radical (unpaired) electrons. The van der Waals surface area contributed by atoms with E-state index in [-0.39, 0.29) is 12.0 Å². The van der Waals surface area contributed by atoms with Gasteiger partial charge in [0.2, 0.25) is 0 Å². The Labute approximate surface area is 169 Å². The summed E-state index contributed by atoms with van der Waals surface area (Å²) in [5.74, 6) is 0.924. The highest BCUT2D eigenvalue weighted by Gasteiger charge is 2.20. The van der Waals surface area contributed by atoms with Crippen molar-refractivity contribution in [2.24, 2.45) is 0 Å². The first kappa shape index (κ1) is 21.1. The number of carbonyl (C=O) groups is 1. The molecule has 2 fully saturated rings.